The SMILES string of the molecule is C#CCCCCC(CN)COC(=O)O[C@@H](CNC(C)(C)C)COc1nsnc1N1CCOCC1. The van der Waals surface area contributed by atoms with Crippen molar-refractivity contribution in [2.75, 3.05) is 57.5 Å². The van der Waals surface area contributed by atoms with Gasteiger partial charge in [0.2, 0.25) is 5.82 Å². The van der Waals surface area contributed by atoms with E-state index in [1.54, 1.807) is 0 Å². The number of carbonyl (C=O) groups excluding carboxylic acids is 1. The second-order valence-electron chi connectivity index (χ2n) is 9.29. The van der Waals surface area contributed by atoms with Crippen LogP contribution in [0.25, 0.3) is 0 Å². The summed E-state index contributed by atoms with van der Waals surface area (Å²) in [6, 6.07) is 0. The number of hydrogen-bond donors (Lipinski definition) is 2. The number of unbranched alkanes of at least 4 members (excludes halogenated alkanes) is 2. The predicted molar refractivity (Wildman–Crippen MR) is 132 cm³/mol. The van der Waals surface area contributed by atoms with Crippen molar-refractivity contribution in [1.29, 1.82) is 0 Å². The van der Waals surface area contributed by atoms with E-state index in [2.05, 4.69) is 24.9 Å². The Morgan fingerprint density at radius 3 is 2.74 bits per heavy atom. The van der Waals surface area contributed by atoms with E-state index in [4.69, 9.17) is 31.1 Å². The molecule has 1 aromatic rings. The number of rotatable bonds is 14. The maximum Gasteiger partial charge on any atom is 0.508 e. The van der Waals surface area contributed by atoms with Crippen molar-refractivity contribution in [3.63, 3.8) is 0 Å². The highest BCUT2D eigenvalue weighted by atomic mass is 32.1. The number of terminal acetylenes is 1. The molecule has 192 valence electrons. The van der Waals surface area contributed by atoms with Crippen LogP contribution >= 0.6 is 11.7 Å². The molecule has 0 aliphatic carbocycles. The molecule has 34 heavy (non-hydrogen) atoms. The molecule has 2 rings (SSSR count). The summed E-state index contributed by atoms with van der Waals surface area (Å²) in [6.07, 6.45) is 7.45. The van der Waals surface area contributed by atoms with Crippen LogP contribution in [-0.4, -0.2) is 79.2 Å². The Balaban J connectivity index is 1.87. The maximum absolute atomic E-state index is 12.4. The van der Waals surface area contributed by atoms with Crippen LogP contribution in [0.2, 0.25) is 0 Å². The van der Waals surface area contributed by atoms with Crippen LogP contribution in [0.15, 0.2) is 0 Å². The molecule has 1 fully saturated rings. The number of nitrogens with one attached hydrogen (secondary N) is 1. The van der Waals surface area contributed by atoms with E-state index in [0.717, 1.165) is 50.5 Å². The van der Waals surface area contributed by atoms with Gasteiger partial charge in [0.15, 0.2) is 6.10 Å². The van der Waals surface area contributed by atoms with E-state index in [1.165, 1.54) is 0 Å². The largest absolute Gasteiger partial charge is 0.508 e. The lowest BCUT2D eigenvalue weighted by Gasteiger charge is -2.27. The third-order valence-corrected chi connectivity index (χ3v) is 5.74. The monoisotopic (exact) mass is 497 g/mol. The summed E-state index contributed by atoms with van der Waals surface area (Å²) < 4.78 is 30.9. The topological polar surface area (TPSA) is 121 Å². The van der Waals surface area contributed by atoms with Gasteiger partial charge >= 0.3 is 6.16 Å². The zero-order chi connectivity index (χ0) is 24.8. The molecule has 0 spiro atoms. The molecule has 1 aromatic heterocycles. The smallest absolute Gasteiger partial charge is 0.470 e. The summed E-state index contributed by atoms with van der Waals surface area (Å²) in [5, 5.41) is 3.34. The second-order valence-corrected chi connectivity index (χ2v) is 9.82. The van der Waals surface area contributed by atoms with Crippen LogP contribution in [0, 0.1) is 18.3 Å². The minimum atomic E-state index is -0.740. The number of anilines is 1. The van der Waals surface area contributed by atoms with Gasteiger partial charge in [-0.1, -0.05) is 6.42 Å². The molecule has 2 atom stereocenters. The highest BCUT2D eigenvalue weighted by Gasteiger charge is 2.24. The first-order valence-electron chi connectivity index (χ1n) is 11.8. The first-order valence-corrected chi connectivity index (χ1v) is 12.6. The van der Waals surface area contributed by atoms with Crippen molar-refractivity contribution in [3.8, 4) is 18.2 Å². The van der Waals surface area contributed by atoms with Gasteiger partial charge in [-0.15, -0.1) is 16.7 Å². The maximum atomic E-state index is 12.4. The summed E-state index contributed by atoms with van der Waals surface area (Å²) in [5.74, 6) is 3.82. The number of aromatic nitrogens is 2. The number of nitrogens with zero attached hydrogens (tertiary/aromatic N) is 3. The fourth-order valence-electron chi connectivity index (χ4n) is 3.25. The number of morpholine rings is 1. The Kier molecular flexibility index (Phi) is 12.4. The van der Waals surface area contributed by atoms with E-state index in [-0.39, 0.29) is 24.7 Å². The first-order chi connectivity index (χ1) is 16.3. The van der Waals surface area contributed by atoms with Crippen LogP contribution in [0.1, 0.15) is 46.5 Å². The van der Waals surface area contributed by atoms with Gasteiger partial charge in [-0.25, -0.2) is 4.79 Å². The minimum absolute atomic E-state index is 0.0740. The molecule has 0 aromatic carbocycles. The molecule has 1 aliphatic rings. The molecular weight excluding hydrogens is 458 g/mol. The first kappa shape index (κ1) is 28.1. The second kappa shape index (κ2) is 15.0. The van der Waals surface area contributed by atoms with Gasteiger partial charge in [-0.05, 0) is 40.2 Å². The minimum Gasteiger partial charge on any atom is -0.470 e. The summed E-state index contributed by atoms with van der Waals surface area (Å²) in [7, 11) is 0. The number of hydrogen-bond acceptors (Lipinski definition) is 11. The van der Waals surface area contributed by atoms with Gasteiger partial charge in [0.25, 0.3) is 5.88 Å². The van der Waals surface area contributed by atoms with Crippen molar-refractivity contribution in [2.45, 2.75) is 58.1 Å². The van der Waals surface area contributed by atoms with Crippen molar-refractivity contribution < 1.29 is 23.7 Å². The highest BCUT2D eigenvalue weighted by molar-refractivity contribution is 6.99. The number of carbonyl (C=O) groups is 1. The molecule has 0 saturated carbocycles. The summed E-state index contributed by atoms with van der Waals surface area (Å²) >= 11 is 1.09. The Bertz CT molecular complexity index is 758. The average Bonchev–Trinajstić information content (AvgIpc) is 3.29. The van der Waals surface area contributed by atoms with Crippen LogP contribution in [-0.2, 0) is 14.2 Å². The van der Waals surface area contributed by atoms with E-state index in [0.29, 0.717) is 38.0 Å². The van der Waals surface area contributed by atoms with Gasteiger partial charge in [-0.2, -0.15) is 4.37 Å². The molecule has 2 heterocycles. The number of ether oxygens (including phenoxy) is 4. The van der Waals surface area contributed by atoms with Gasteiger partial charge in [0.1, 0.15) is 6.61 Å². The van der Waals surface area contributed by atoms with Crippen LogP contribution in [0.4, 0.5) is 10.6 Å². The molecule has 1 aliphatic heterocycles. The Morgan fingerprint density at radius 1 is 1.29 bits per heavy atom. The third kappa shape index (κ3) is 10.9. The zero-order valence-electron chi connectivity index (χ0n) is 20.6. The summed E-state index contributed by atoms with van der Waals surface area (Å²) in [5.41, 5.74) is 5.66. The number of nitrogens with two attached hydrogens (primary N) is 1. The fraction of sp³-hybridized carbons (Fsp3) is 0.783. The van der Waals surface area contributed by atoms with Gasteiger partial charge in [0.05, 0.1) is 31.5 Å². The van der Waals surface area contributed by atoms with Crippen molar-refractivity contribution in [3.05, 3.63) is 0 Å². The lowest BCUT2D eigenvalue weighted by molar-refractivity contribution is -0.00126. The Hall–Kier alpha value is -2.13. The molecule has 1 saturated heterocycles. The quantitative estimate of drug-likeness (QED) is 0.225. The average molecular weight is 498 g/mol. The van der Waals surface area contributed by atoms with E-state index in [1.807, 2.05) is 20.8 Å². The van der Waals surface area contributed by atoms with E-state index >= 15 is 0 Å². The molecule has 0 bridgehead atoms. The van der Waals surface area contributed by atoms with Crippen LogP contribution in [0.5, 0.6) is 5.88 Å². The van der Waals surface area contributed by atoms with E-state index < -0.39 is 12.3 Å². The zero-order valence-corrected chi connectivity index (χ0v) is 21.4. The molecule has 1 unspecified atom stereocenters. The van der Waals surface area contributed by atoms with E-state index in [9.17, 15) is 4.79 Å². The van der Waals surface area contributed by atoms with Crippen LogP contribution < -0.4 is 20.7 Å². The van der Waals surface area contributed by atoms with Gasteiger partial charge in [-0.3, -0.25) is 0 Å². The summed E-state index contributed by atoms with van der Waals surface area (Å²) in [6.45, 7) is 10.0. The Morgan fingerprint density at radius 2 is 2.06 bits per heavy atom. The van der Waals surface area contributed by atoms with Crippen LogP contribution in [0.3, 0.4) is 0 Å². The Labute approximate surface area is 207 Å². The standard InChI is InChI=1S/C23H39N5O5S/c1-5-6-7-8-9-18(14-24)16-32-22(29)33-19(15-25-23(2,3)4)17-31-21-20(26-34-27-21)28-10-12-30-13-11-28/h1,18-19,25H,6-17,24H2,2-4H3/t18?,19-/m0/s1. The third-order valence-electron chi connectivity index (χ3n) is 5.24. The molecule has 0 amide bonds. The van der Waals surface area contributed by atoms with Crippen molar-refractivity contribution in [2.24, 2.45) is 11.7 Å². The molecule has 11 heteroatoms. The van der Waals surface area contributed by atoms with Gasteiger partial charge < -0.3 is 34.9 Å². The molecule has 10 nitrogen and oxygen atoms in total. The summed E-state index contributed by atoms with van der Waals surface area (Å²) in [4.78, 5) is 14.5. The normalized spacial score (nSPS) is 15.9. The van der Waals surface area contributed by atoms with Gasteiger partial charge in [0, 0.05) is 37.5 Å². The highest BCUT2D eigenvalue weighted by Crippen LogP contribution is 2.26. The lowest BCUT2D eigenvalue weighted by Crippen LogP contribution is -2.44. The van der Waals surface area contributed by atoms with Crippen molar-refractivity contribution in [1.82, 2.24) is 14.1 Å². The molecular formula is C23H39N5O5S. The van der Waals surface area contributed by atoms with Crippen molar-refractivity contribution >= 4 is 23.7 Å². The fourth-order valence-corrected chi connectivity index (χ4v) is 3.77. The molecule has 3 N–H and O–H groups in total. The molecule has 0 radical (unpaired) electrons. The lowest BCUT2D eigenvalue weighted by atomic mass is 10.0. The predicted octanol–water partition coefficient (Wildman–Crippen LogP) is 2.43.